The molecule has 1 aromatic heterocycles. The first-order valence-electron chi connectivity index (χ1n) is 4.75. The van der Waals surface area contributed by atoms with Crippen LogP contribution >= 0.6 is 0 Å². The summed E-state index contributed by atoms with van der Waals surface area (Å²) in [6.07, 6.45) is 4.78. The lowest BCUT2D eigenvalue weighted by Gasteiger charge is -2.30. The van der Waals surface area contributed by atoms with Gasteiger partial charge in [0.05, 0.1) is 25.0 Å². The van der Waals surface area contributed by atoms with Gasteiger partial charge in [-0.25, -0.2) is 0 Å². The van der Waals surface area contributed by atoms with Crippen molar-refractivity contribution in [3.8, 4) is 0 Å². The van der Waals surface area contributed by atoms with Gasteiger partial charge in [-0.15, -0.1) is 0 Å². The zero-order valence-electron chi connectivity index (χ0n) is 7.41. The molecule has 0 N–H and O–H groups in total. The number of hydrogen-bond donors (Lipinski definition) is 0. The summed E-state index contributed by atoms with van der Waals surface area (Å²) in [5.41, 5.74) is 1.11. The lowest BCUT2D eigenvalue weighted by Crippen LogP contribution is -2.30. The van der Waals surface area contributed by atoms with Gasteiger partial charge in [0.1, 0.15) is 5.76 Å². The van der Waals surface area contributed by atoms with E-state index in [2.05, 4.69) is 0 Å². The second-order valence-corrected chi connectivity index (χ2v) is 3.56. The van der Waals surface area contributed by atoms with Crippen LogP contribution in [-0.4, -0.2) is 13.2 Å². The van der Waals surface area contributed by atoms with Crippen LogP contribution in [0.3, 0.4) is 0 Å². The monoisotopic (exact) mass is 180 g/mol. The topological polar surface area (TPSA) is 31.6 Å². The Hall–Kier alpha value is -0.800. The molecular weight excluding hydrogens is 168 g/mol. The molecule has 0 amide bonds. The average molecular weight is 180 g/mol. The molecule has 13 heavy (non-hydrogen) atoms. The lowest BCUT2D eigenvalue weighted by molar-refractivity contribution is -0.176. The zero-order valence-corrected chi connectivity index (χ0v) is 7.41. The fourth-order valence-corrected chi connectivity index (χ4v) is 2.24. The normalized spacial score (nSPS) is 24.9. The average Bonchev–Trinajstić information content (AvgIpc) is 2.74. The number of rotatable bonds is 0. The highest BCUT2D eigenvalue weighted by Gasteiger charge is 2.43. The van der Waals surface area contributed by atoms with E-state index in [1.54, 1.807) is 6.26 Å². The number of hydrogen-bond acceptors (Lipinski definition) is 3. The summed E-state index contributed by atoms with van der Waals surface area (Å²) in [4.78, 5) is 0. The molecule has 2 aliphatic rings. The molecule has 3 rings (SSSR count). The van der Waals surface area contributed by atoms with E-state index in [0.717, 1.165) is 30.6 Å². The van der Waals surface area contributed by atoms with Crippen LogP contribution in [0.5, 0.6) is 0 Å². The first-order chi connectivity index (χ1) is 6.41. The molecule has 0 atom stereocenters. The smallest absolute Gasteiger partial charge is 0.198 e. The maximum Gasteiger partial charge on any atom is 0.198 e. The quantitative estimate of drug-likeness (QED) is 0.610. The molecule has 1 spiro atoms. The number of ether oxygens (including phenoxy) is 2. The van der Waals surface area contributed by atoms with Crippen LogP contribution in [0, 0.1) is 0 Å². The maximum atomic E-state index is 5.68. The Kier molecular flexibility index (Phi) is 1.51. The molecule has 1 saturated heterocycles. The number of aryl methyl sites for hydroxylation is 1. The minimum atomic E-state index is -0.458. The van der Waals surface area contributed by atoms with Crippen LogP contribution in [0.4, 0.5) is 0 Å². The highest BCUT2D eigenvalue weighted by atomic mass is 16.7. The van der Waals surface area contributed by atoms with Gasteiger partial charge in [-0.1, -0.05) is 0 Å². The van der Waals surface area contributed by atoms with Gasteiger partial charge in [-0.3, -0.25) is 0 Å². The summed E-state index contributed by atoms with van der Waals surface area (Å²) in [6.45, 7) is 1.40. The van der Waals surface area contributed by atoms with E-state index in [9.17, 15) is 0 Å². The van der Waals surface area contributed by atoms with Gasteiger partial charge in [-0.2, -0.15) is 0 Å². The van der Waals surface area contributed by atoms with Crippen LogP contribution in [0.1, 0.15) is 24.2 Å². The van der Waals surface area contributed by atoms with Gasteiger partial charge in [0.25, 0.3) is 0 Å². The van der Waals surface area contributed by atoms with Crippen molar-refractivity contribution in [3.05, 3.63) is 23.7 Å². The molecule has 3 nitrogen and oxygen atoms in total. The van der Waals surface area contributed by atoms with Crippen molar-refractivity contribution in [2.75, 3.05) is 13.2 Å². The van der Waals surface area contributed by atoms with E-state index in [4.69, 9.17) is 13.9 Å². The van der Waals surface area contributed by atoms with Gasteiger partial charge >= 0.3 is 0 Å². The number of furan rings is 1. The first-order valence-corrected chi connectivity index (χ1v) is 4.75. The molecule has 2 heterocycles. The van der Waals surface area contributed by atoms with Crippen LogP contribution in [0.15, 0.2) is 16.7 Å². The SMILES string of the molecule is c1cc2c(o1)CCCC21OCCO1. The third-order valence-corrected chi connectivity index (χ3v) is 2.82. The van der Waals surface area contributed by atoms with Gasteiger partial charge in [0, 0.05) is 12.8 Å². The second-order valence-electron chi connectivity index (χ2n) is 3.56. The van der Waals surface area contributed by atoms with Crippen molar-refractivity contribution in [3.63, 3.8) is 0 Å². The van der Waals surface area contributed by atoms with Crippen molar-refractivity contribution < 1.29 is 13.9 Å². The van der Waals surface area contributed by atoms with E-state index in [1.165, 1.54) is 0 Å². The van der Waals surface area contributed by atoms with E-state index < -0.39 is 5.79 Å². The molecule has 0 aromatic carbocycles. The van der Waals surface area contributed by atoms with Crippen molar-refractivity contribution >= 4 is 0 Å². The molecule has 0 bridgehead atoms. The van der Waals surface area contributed by atoms with Crippen LogP contribution in [0.2, 0.25) is 0 Å². The minimum Gasteiger partial charge on any atom is -0.469 e. The van der Waals surface area contributed by atoms with Gasteiger partial charge in [0.15, 0.2) is 5.79 Å². The van der Waals surface area contributed by atoms with Crippen molar-refractivity contribution in [1.82, 2.24) is 0 Å². The highest BCUT2D eigenvalue weighted by molar-refractivity contribution is 5.26. The Morgan fingerprint density at radius 3 is 2.92 bits per heavy atom. The van der Waals surface area contributed by atoms with Crippen LogP contribution in [-0.2, 0) is 21.7 Å². The second kappa shape index (κ2) is 2.59. The highest BCUT2D eigenvalue weighted by Crippen LogP contribution is 2.42. The predicted molar refractivity (Wildman–Crippen MR) is 45.2 cm³/mol. The molecule has 70 valence electrons. The Labute approximate surface area is 76.6 Å². The number of fused-ring (bicyclic) bond motifs is 2. The Bertz CT molecular complexity index is 310. The third kappa shape index (κ3) is 0.974. The van der Waals surface area contributed by atoms with E-state index in [-0.39, 0.29) is 0 Å². The third-order valence-electron chi connectivity index (χ3n) is 2.82. The Morgan fingerprint density at radius 2 is 2.08 bits per heavy atom. The summed E-state index contributed by atoms with van der Waals surface area (Å²) in [5.74, 6) is 0.578. The standard InChI is InChI=1S/C10H12O3/c1-2-9-8(3-5-11-9)10(4-1)12-6-7-13-10/h3,5H,1-2,4,6-7H2. The van der Waals surface area contributed by atoms with Crippen LogP contribution < -0.4 is 0 Å². The lowest BCUT2D eigenvalue weighted by atomic mass is 9.92. The molecule has 1 aliphatic carbocycles. The summed E-state index contributed by atoms with van der Waals surface area (Å²) in [5, 5.41) is 0. The van der Waals surface area contributed by atoms with Gasteiger partial charge in [-0.05, 0) is 12.5 Å². The Balaban J connectivity index is 2.08. The van der Waals surface area contributed by atoms with Crippen molar-refractivity contribution in [2.24, 2.45) is 0 Å². The largest absolute Gasteiger partial charge is 0.469 e. The maximum absolute atomic E-state index is 5.68. The van der Waals surface area contributed by atoms with Gasteiger partial charge in [0.2, 0.25) is 0 Å². The molecule has 1 fully saturated rings. The molecule has 1 aliphatic heterocycles. The van der Waals surface area contributed by atoms with E-state index >= 15 is 0 Å². The first kappa shape index (κ1) is 7.59. The predicted octanol–water partition coefficient (Wildman–Crippen LogP) is 1.82. The molecule has 0 saturated carbocycles. The van der Waals surface area contributed by atoms with Crippen molar-refractivity contribution in [1.29, 1.82) is 0 Å². The van der Waals surface area contributed by atoms with E-state index in [0.29, 0.717) is 13.2 Å². The summed E-state index contributed by atoms with van der Waals surface area (Å²) in [7, 11) is 0. The van der Waals surface area contributed by atoms with Gasteiger partial charge < -0.3 is 13.9 Å². The molecule has 3 heteroatoms. The van der Waals surface area contributed by atoms with Crippen molar-refractivity contribution in [2.45, 2.75) is 25.0 Å². The summed E-state index contributed by atoms with van der Waals surface area (Å²) >= 11 is 0. The fourth-order valence-electron chi connectivity index (χ4n) is 2.24. The molecule has 1 aromatic rings. The summed E-state index contributed by atoms with van der Waals surface area (Å²) in [6, 6.07) is 1.97. The molecular formula is C10H12O3. The fraction of sp³-hybridized carbons (Fsp3) is 0.600. The van der Waals surface area contributed by atoms with E-state index in [1.807, 2.05) is 6.07 Å². The summed E-state index contributed by atoms with van der Waals surface area (Å²) < 4.78 is 16.8. The Morgan fingerprint density at radius 1 is 1.23 bits per heavy atom. The molecule has 0 radical (unpaired) electrons. The van der Waals surface area contributed by atoms with Crippen LogP contribution in [0.25, 0.3) is 0 Å². The molecule has 0 unspecified atom stereocenters. The minimum absolute atomic E-state index is 0.458. The zero-order chi connectivity index (χ0) is 8.73.